The van der Waals surface area contributed by atoms with Crippen LogP contribution in [0.2, 0.25) is 0 Å². The minimum atomic E-state index is 1.03. The smallest absolute Gasteiger partial charge is 0.0788 e. The van der Waals surface area contributed by atoms with Crippen molar-refractivity contribution in [3.05, 3.63) is 176 Å². The summed E-state index contributed by atoms with van der Waals surface area (Å²) in [5, 5.41) is 7.04. The van der Waals surface area contributed by atoms with Gasteiger partial charge in [-0.25, -0.2) is 4.98 Å². The van der Waals surface area contributed by atoms with E-state index in [2.05, 4.69) is 176 Å². The van der Waals surface area contributed by atoms with Gasteiger partial charge in [0.15, 0.2) is 0 Å². The molecule has 1 heteroatoms. The molecular formula is C45H29N. The van der Waals surface area contributed by atoms with Crippen molar-refractivity contribution in [1.82, 2.24) is 4.98 Å². The summed E-state index contributed by atoms with van der Waals surface area (Å²) in [5.74, 6) is 0. The molecule has 0 radical (unpaired) electrons. The van der Waals surface area contributed by atoms with E-state index in [9.17, 15) is 0 Å². The molecule has 0 fully saturated rings. The number of nitrogens with zero attached hydrogens (tertiary/aromatic N) is 1. The zero-order valence-electron chi connectivity index (χ0n) is 25.2. The molecule has 1 aromatic heterocycles. The Balaban J connectivity index is 1.37. The lowest BCUT2D eigenvalue weighted by Crippen LogP contribution is -1.92. The molecule has 1 heterocycles. The first-order valence-electron chi connectivity index (χ1n) is 15.8. The molecule has 9 aromatic rings. The van der Waals surface area contributed by atoms with Crippen LogP contribution in [0.1, 0.15) is 0 Å². The van der Waals surface area contributed by atoms with Crippen LogP contribution in [0, 0.1) is 0 Å². The molecule has 0 saturated heterocycles. The van der Waals surface area contributed by atoms with Crippen LogP contribution >= 0.6 is 0 Å². The fraction of sp³-hybridized carbons (Fsp3) is 0. The van der Waals surface area contributed by atoms with E-state index in [1.807, 2.05) is 0 Å². The number of aromatic nitrogens is 1. The van der Waals surface area contributed by atoms with Gasteiger partial charge in [-0.15, -0.1) is 0 Å². The van der Waals surface area contributed by atoms with Crippen molar-refractivity contribution in [2.75, 3.05) is 0 Å². The van der Waals surface area contributed by atoms with E-state index < -0.39 is 0 Å². The SMILES string of the molecule is c1ccc(-c2ccc3c(c2)c(-c2ccccc2)cc2cc4cc(-c5ccccc5)c5cc(-c6ccccc6)ccc5c4nc23)cc1. The minimum absolute atomic E-state index is 1.03. The van der Waals surface area contributed by atoms with Crippen LogP contribution in [0.3, 0.4) is 0 Å². The van der Waals surface area contributed by atoms with Gasteiger partial charge in [0.2, 0.25) is 0 Å². The maximum Gasteiger partial charge on any atom is 0.0788 e. The van der Waals surface area contributed by atoms with Gasteiger partial charge in [0, 0.05) is 21.5 Å². The van der Waals surface area contributed by atoms with Gasteiger partial charge in [-0.3, -0.25) is 0 Å². The van der Waals surface area contributed by atoms with E-state index in [0.29, 0.717) is 0 Å². The minimum Gasteiger partial charge on any atom is -0.246 e. The monoisotopic (exact) mass is 583 g/mol. The molecular weight excluding hydrogens is 555 g/mol. The molecule has 214 valence electrons. The Hall–Kier alpha value is -6.05. The summed E-state index contributed by atoms with van der Waals surface area (Å²) in [4.78, 5) is 5.51. The molecule has 0 aliphatic rings. The molecule has 0 spiro atoms. The van der Waals surface area contributed by atoms with Crippen molar-refractivity contribution in [1.29, 1.82) is 0 Å². The average Bonchev–Trinajstić information content (AvgIpc) is 3.14. The van der Waals surface area contributed by atoms with Gasteiger partial charge in [-0.05, 0) is 85.6 Å². The van der Waals surface area contributed by atoms with Crippen molar-refractivity contribution in [3.8, 4) is 44.5 Å². The zero-order chi connectivity index (χ0) is 30.5. The number of hydrogen-bond donors (Lipinski definition) is 0. The Bertz CT molecular complexity index is 2360. The Morgan fingerprint density at radius 1 is 0.261 bits per heavy atom. The highest BCUT2D eigenvalue weighted by atomic mass is 14.7. The first-order chi connectivity index (χ1) is 22.8. The molecule has 46 heavy (non-hydrogen) atoms. The zero-order valence-corrected chi connectivity index (χ0v) is 25.2. The Labute approximate surface area is 268 Å². The third-order valence-electron chi connectivity index (χ3n) is 9.19. The Morgan fingerprint density at radius 3 is 1.02 bits per heavy atom. The summed E-state index contributed by atoms with van der Waals surface area (Å²) < 4.78 is 0. The number of pyridine rings is 1. The fourth-order valence-corrected chi connectivity index (χ4v) is 6.94. The highest BCUT2D eigenvalue weighted by molar-refractivity contribution is 6.19. The van der Waals surface area contributed by atoms with Gasteiger partial charge < -0.3 is 0 Å². The second-order valence-electron chi connectivity index (χ2n) is 12.0. The van der Waals surface area contributed by atoms with E-state index in [-0.39, 0.29) is 0 Å². The second-order valence-corrected chi connectivity index (χ2v) is 12.0. The lowest BCUT2D eigenvalue weighted by molar-refractivity contribution is 1.53. The number of benzene rings is 8. The number of fused-ring (bicyclic) bond motifs is 6. The Morgan fingerprint density at radius 2 is 0.630 bits per heavy atom. The molecule has 0 aliphatic heterocycles. The Kier molecular flexibility index (Phi) is 6.21. The molecule has 0 aliphatic carbocycles. The summed E-state index contributed by atoms with van der Waals surface area (Å²) in [6.45, 7) is 0. The van der Waals surface area contributed by atoms with Crippen molar-refractivity contribution >= 4 is 43.4 Å². The third kappa shape index (κ3) is 4.45. The predicted octanol–water partition coefficient (Wildman–Crippen LogP) is 12.4. The molecule has 0 saturated carbocycles. The molecule has 0 unspecified atom stereocenters. The standard InChI is InChI=1S/C45H29N/c1-5-13-30(14-6-1)34-21-23-38-42(26-34)40(32-17-9-3-10-18-32)28-36-25-37-29-41(33-19-11-4-12-20-33)43-27-35(31-15-7-2-8-16-31)22-24-39(43)45(37)46-44(36)38/h1-29H. The van der Waals surface area contributed by atoms with Gasteiger partial charge in [0.25, 0.3) is 0 Å². The summed E-state index contributed by atoms with van der Waals surface area (Å²) >= 11 is 0. The van der Waals surface area contributed by atoms with Crippen LogP contribution < -0.4 is 0 Å². The maximum atomic E-state index is 5.51. The van der Waals surface area contributed by atoms with E-state index in [0.717, 1.165) is 21.8 Å². The summed E-state index contributed by atoms with van der Waals surface area (Å²) in [6, 6.07) is 63.4. The second kappa shape index (κ2) is 10.8. The molecule has 0 N–H and O–H groups in total. The van der Waals surface area contributed by atoms with Gasteiger partial charge in [0.1, 0.15) is 0 Å². The van der Waals surface area contributed by atoms with Crippen LogP contribution in [0.4, 0.5) is 0 Å². The van der Waals surface area contributed by atoms with Gasteiger partial charge >= 0.3 is 0 Å². The summed E-state index contributed by atoms with van der Waals surface area (Å²) in [7, 11) is 0. The maximum absolute atomic E-state index is 5.51. The van der Waals surface area contributed by atoms with Gasteiger partial charge in [0.05, 0.1) is 11.0 Å². The van der Waals surface area contributed by atoms with E-state index in [4.69, 9.17) is 4.98 Å². The largest absolute Gasteiger partial charge is 0.246 e. The molecule has 8 aromatic carbocycles. The number of rotatable bonds is 4. The summed E-state index contributed by atoms with van der Waals surface area (Å²) in [6.07, 6.45) is 0. The van der Waals surface area contributed by atoms with Crippen LogP contribution in [0.5, 0.6) is 0 Å². The molecule has 9 rings (SSSR count). The van der Waals surface area contributed by atoms with E-state index in [1.165, 1.54) is 66.1 Å². The summed E-state index contributed by atoms with van der Waals surface area (Å²) in [5.41, 5.74) is 11.7. The molecule has 0 atom stereocenters. The van der Waals surface area contributed by atoms with Crippen molar-refractivity contribution in [2.24, 2.45) is 0 Å². The normalized spacial score (nSPS) is 11.5. The highest BCUT2D eigenvalue weighted by Crippen LogP contribution is 2.41. The molecule has 1 nitrogen and oxygen atoms in total. The first-order valence-corrected chi connectivity index (χ1v) is 15.8. The fourth-order valence-electron chi connectivity index (χ4n) is 6.94. The first kappa shape index (κ1) is 26.4. The van der Waals surface area contributed by atoms with Crippen LogP contribution in [0.15, 0.2) is 176 Å². The van der Waals surface area contributed by atoms with E-state index in [1.54, 1.807) is 0 Å². The quantitative estimate of drug-likeness (QED) is 0.148. The van der Waals surface area contributed by atoms with E-state index >= 15 is 0 Å². The topological polar surface area (TPSA) is 12.9 Å². The predicted molar refractivity (Wildman–Crippen MR) is 196 cm³/mol. The van der Waals surface area contributed by atoms with Crippen molar-refractivity contribution < 1.29 is 0 Å². The van der Waals surface area contributed by atoms with Gasteiger partial charge in [-0.2, -0.15) is 0 Å². The van der Waals surface area contributed by atoms with Crippen LogP contribution in [-0.4, -0.2) is 4.98 Å². The molecule has 0 amide bonds. The highest BCUT2D eigenvalue weighted by Gasteiger charge is 2.16. The molecule has 0 bridgehead atoms. The van der Waals surface area contributed by atoms with Crippen LogP contribution in [0.25, 0.3) is 87.9 Å². The lowest BCUT2D eigenvalue weighted by atomic mass is 9.90. The lowest BCUT2D eigenvalue weighted by Gasteiger charge is -2.16. The van der Waals surface area contributed by atoms with Crippen molar-refractivity contribution in [2.45, 2.75) is 0 Å². The number of hydrogen-bond acceptors (Lipinski definition) is 1. The average molecular weight is 584 g/mol. The van der Waals surface area contributed by atoms with Gasteiger partial charge in [-0.1, -0.05) is 146 Å². The van der Waals surface area contributed by atoms with Crippen molar-refractivity contribution in [3.63, 3.8) is 0 Å². The third-order valence-corrected chi connectivity index (χ3v) is 9.19. The van der Waals surface area contributed by atoms with Crippen LogP contribution in [-0.2, 0) is 0 Å².